The molecule has 3 aromatic rings. The largest absolute Gasteiger partial charge is 0.478 e. The number of rotatable bonds is 5. The molecule has 0 aliphatic heterocycles. The summed E-state index contributed by atoms with van der Waals surface area (Å²) in [5.74, 6) is -1.44. The fourth-order valence-electron chi connectivity index (χ4n) is 3.58. The molecular weight excluding hydrogens is 378 g/mol. The van der Waals surface area contributed by atoms with Crippen LogP contribution in [0.25, 0.3) is 5.52 Å². The van der Waals surface area contributed by atoms with Crippen LogP contribution in [-0.2, 0) is 4.79 Å². The van der Waals surface area contributed by atoms with Gasteiger partial charge in [-0.15, -0.1) is 0 Å². The van der Waals surface area contributed by atoms with Crippen molar-refractivity contribution in [1.29, 1.82) is 0 Å². The molecule has 2 heterocycles. The molecule has 1 unspecified atom stereocenters. The number of hydrogen-bond acceptors (Lipinski definition) is 3. The molecule has 5 heteroatoms. The highest BCUT2D eigenvalue weighted by Gasteiger charge is 2.21. The van der Waals surface area contributed by atoms with Crippen molar-refractivity contribution < 1.29 is 19.5 Å². The monoisotopic (exact) mass is 397 g/mol. The van der Waals surface area contributed by atoms with Gasteiger partial charge in [0.05, 0.1) is 16.8 Å². The molecule has 1 aliphatic carbocycles. The van der Waals surface area contributed by atoms with E-state index in [4.69, 9.17) is 0 Å². The minimum absolute atomic E-state index is 0.0673. The maximum Gasteiger partial charge on any atom is 0.335 e. The lowest BCUT2D eigenvalue weighted by Gasteiger charge is -2.08. The first kappa shape index (κ1) is 19.3. The van der Waals surface area contributed by atoms with Crippen molar-refractivity contribution in [3.05, 3.63) is 113 Å². The highest BCUT2D eigenvalue weighted by molar-refractivity contribution is 6.09. The van der Waals surface area contributed by atoms with Gasteiger partial charge >= 0.3 is 5.97 Å². The first-order valence-electron chi connectivity index (χ1n) is 9.51. The minimum atomic E-state index is -1.00. The third-order valence-corrected chi connectivity index (χ3v) is 5.16. The van der Waals surface area contributed by atoms with E-state index in [0.29, 0.717) is 16.8 Å². The number of Topliss-reactive ketones (excluding diaryl/α,β-unsaturated/α-hetero) is 1. The molecule has 4 rings (SSSR count). The number of carboxylic acid groups (broad SMARTS) is 1. The summed E-state index contributed by atoms with van der Waals surface area (Å²) in [6.45, 7) is 1.50. The third-order valence-electron chi connectivity index (χ3n) is 5.16. The van der Waals surface area contributed by atoms with Crippen molar-refractivity contribution in [1.82, 2.24) is 4.40 Å². The molecule has 0 radical (unpaired) electrons. The number of carboxylic acids is 1. The molecule has 0 fully saturated rings. The van der Waals surface area contributed by atoms with Gasteiger partial charge in [0.2, 0.25) is 5.78 Å². The van der Waals surface area contributed by atoms with Crippen LogP contribution in [0.5, 0.6) is 0 Å². The summed E-state index contributed by atoms with van der Waals surface area (Å²) >= 11 is 0. The van der Waals surface area contributed by atoms with Crippen LogP contribution in [0.15, 0.2) is 90.7 Å². The first-order valence-corrected chi connectivity index (χ1v) is 9.51. The summed E-state index contributed by atoms with van der Waals surface area (Å²) in [5.41, 5.74) is 3.35. The Morgan fingerprint density at radius 2 is 1.73 bits per heavy atom. The predicted octanol–water partition coefficient (Wildman–Crippen LogP) is 4.59. The molecule has 30 heavy (non-hydrogen) atoms. The quantitative estimate of drug-likeness (QED) is 0.639. The Morgan fingerprint density at radius 3 is 2.43 bits per heavy atom. The van der Waals surface area contributed by atoms with Crippen molar-refractivity contribution in [2.45, 2.75) is 12.8 Å². The standard InChI is InChI=1S/C25H19NO4/c1-16(27)20-12-13-26-22(14-20)21(17-8-5-9-19(11-10-17)25(29)30)15-23(26)24(28)18-6-3-2-4-7-18/h2-15,17H,1H3,(H,29,30). The molecule has 0 saturated carbocycles. The molecule has 1 atom stereocenters. The zero-order chi connectivity index (χ0) is 21.3. The number of allylic oxidation sites excluding steroid dienone is 4. The number of nitrogens with zero attached hydrogens (tertiary/aromatic N) is 1. The zero-order valence-electron chi connectivity index (χ0n) is 16.3. The number of fused-ring (bicyclic) bond motifs is 1. The zero-order valence-corrected chi connectivity index (χ0v) is 16.3. The van der Waals surface area contributed by atoms with Gasteiger partial charge in [0.15, 0.2) is 5.78 Å². The summed E-state index contributed by atoms with van der Waals surface area (Å²) in [6.07, 6.45) is 10.2. The van der Waals surface area contributed by atoms with Gasteiger partial charge in [-0.1, -0.05) is 54.6 Å². The third kappa shape index (κ3) is 3.53. The van der Waals surface area contributed by atoms with Gasteiger partial charge < -0.3 is 9.51 Å². The average molecular weight is 397 g/mol. The SMILES string of the molecule is CC(=O)c1ccn2c(C(=O)c3ccccc3)cc(C3C=CC=C(C(=O)O)C=C3)c2c1. The number of benzene rings is 1. The van der Waals surface area contributed by atoms with Crippen molar-refractivity contribution in [3.8, 4) is 0 Å². The van der Waals surface area contributed by atoms with E-state index in [1.54, 1.807) is 53.1 Å². The fourth-order valence-corrected chi connectivity index (χ4v) is 3.58. The minimum Gasteiger partial charge on any atom is -0.478 e. The van der Waals surface area contributed by atoms with E-state index >= 15 is 0 Å². The van der Waals surface area contributed by atoms with E-state index in [1.165, 1.54) is 13.0 Å². The number of carbonyl (C=O) groups excluding carboxylic acids is 2. The Kier molecular flexibility index (Phi) is 5.02. The Hall–Kier alpha value is -3.99. The molecule has 148 valence electrons. The normalized spacial score (nSPS) is 15.6. The van der Waals surface area contributed by atoms with Gasteiger partial charge in [0, 0.05) is 23.2 Å². The second-order valence-electron chi connectivity index (χ2n) is 7.10. The van der Waals surface area contributed by atoms with Crippen molar-refractivity contribution in [3.63, 3.8) is 0 Å². The maximum atomic E-state index is 13.2. The van der Waals surface area contributed by atoms with Crippen LogP contribution in [0, 0.1) is 0 Å². The number of aliphatic carboxylic acids is 1. The van der Waals surface area contributed by atoms with Crippen molar-refractivity contribution in [2.24, 2.45) is 0 Å². The van der Waals surface area contributed by atoms with Gasteiger partial charge in [-0.05, 0) is 36.8 Å². The average Bonchev–Trinajstić information content (AvgIpc) is 2.94. The number of carbonyl (C=O) groups is 3. The fraction of sp³-hybridized carbons (Fsp3) is 0.0800. The number of ketones is 2. The smallest absolute Gasteiger partial charge is 0.335 e. The van der Waals surface area contributed by atoms with Gasteiger partial charge in [-0.2, -0.15) is 0 Å². The Labute approximate surface area is 173 Å². The van der Waals surface area contributed by atoms with Crippen LogP contribution in [-0.4, -0.2) is 27.0 Å². The molecule has 2 aromatic heterocycles. The molecule has 1 aliphatic rings. The van der Waals surface area contributed by atoms with E-state index in [1.807, 2.05) is 30.3 Å². The van der Waals surface area contributed by atoms with Gasteiger partial charge in [0.25, 0.3) is 0 Å². The van der Waals surface area contributed by atoms with Crippen LogP contribution in [0.4, 0.5) is 0 Å². The molecule has 5 nitrogen and oxygen atoms in total. The van der Waals surface area contributed by atoms with Crippen LogP contribution in [0.1, 0.15) is 44.8 Å². The van der Waals surface area contributed by atoms with Gasteiger partial charge in [0.1, 0.15) is 0 Å². The van der Waals surface area contributed by atoms with E-state index < -0.39 is 5.97 Å². The summed E-state index contributed by atoms with van der Waals surface area (Å²) in [7, 11) is 0. The highest BCUT2D eigenvalue weighted by Crippen LogP contribution is 2.31. The molecule has 0 saturated heterocycles. The molecule has 0 spiro atoms. The highest BCUT2D eigenvalue weighted by atomic mass is 16.4. The van der Waals surface area contributed by atoms with E-state index in [9.17, 15) is 19.5 Å². The lowest BCUT2D eigenvalue weighted by molar-refractivity contribution is -0.132. The van der Waals surface area contributed by atoms with Crippen molar-refractivity contribution >= 4 is 23.1 Å². The van der Waals surface area contributed by atoms with E-state index in [0.717, 1.165) is 11.1 Å². The molecular formula is C25H19NO4. The van der Waals surface area contributed by atoms with Crippen LogP contribution >= 0.6 is 0 Å². The maximum absolute atomic E-state index is 13.2. The topological polar surface area (TPSA) is 75.8 Å². The van der Waals surface area contributed by atoms with E-state index in [2.05, 4.69) is 0 Å². The van der Waals surface area contributed by atoms with E-state index in [-0.39, 0.29) is 23.1 Å². The molecule has 0 amide bonds. The molecule has 1 N–H and O–H groups in total. The lowest BCUT2D eigenvalue weighted by atomic mass is 9.97. The van der Waals surface area contributed by atoms with Crippen molar-refractivity contribution in [2.75, 3.05) is 0 Å². The summed E-state index contributed by atoms with van der Waals surface area (Å²) in [6, 6.07) is 14.3. The number of pyridine rings is 1. The second kappa shape index (κ2) is 7.79. The Balaban J connectivity index is 1.88. The molecule has 0 bridgehead atoms. The van der Waals surface area contributed by atoms with Crippen LogP contribution < -0.4 is 0 Å². The van der Waals surface area contributed by atoms with Gasteiger partial charge in [-0.25, -0.2) is 4.79 Å². The van der Waals surface area contributed by atoms with Gasteiger partial charge in [-0.3, -0.25) is 9.59 Å². The predicted molar refractivity (Wildman–Crippen MR) is 114 cm³/mol. The molecule has 1 aromatic carbocycles. The summed E-state index contributed by atoms with van der Waals surface area (Å²) in [5, 5.41) is 9.25. The first-order chi connectivity index (χ1) is 14.5. The number of aromatic nitrogens is 1. The Morgan fingerprint density at radius 1 is 0.967 bits per heavy atom. The van der Waals surface area contributed by atoms with Crippen LogP contribution in [0.2, 0.25) is 0 Å². The Bertz CT molecular complexity index is 1260. The second-order valence-corrected chi connectivity index (χ2v) is 7.10. The van der Waals surface area contributed by atoms with Crippen LogP contribution in [0.3, 0.4) is 0 Å². The summed E-state index contributed by atoms with van der Waals surface area (Å²) in [4.78, 5) is 36.4. The summed E-state index contributed by atoms with van der Waals surface area (Å²) < 4.78 is 1.79. The lowest BCUT2D eigenvalue weighted by Crippen LogP contribution is -2.05. The number of hydrogen-bond donors (Lipinski definition) is 1.